The maximum Gasteiger partial charge on any atom is 0.311 e. The smallest absolute Gasteiger partial charge is 0.311 e. The summed E-state index contributed by atoms with van der Waals surface area (Å²) in [5.41, 5.74) is 3.26. The summed E-state index contributed by atoms with van der Waals surface area (Å²) in [7, 11) is 0. The average molecular weight is 476 g/mol. The van der Waals surface area contributed by atoms with E-state index in [9.17, 15) is 20.0 Å². The van der Waals surface area contributed by atoms with Crippen LogP contribution in [0.3, 0.4) is 0 Å². The molecule has 1 heterocycles. The van der Waals surface area contributed by atoms with E-state index in [4.69, 9.17) is 4.74 Å². The Morgan fingerprint density at radius 2 is 2.36 bits per heavy atom. The molecule has 132 valence electrons. The van der Waals surface area contributed by atoms with Crippen LogP contribution in [0, 0.1) is 13.7 Å². The fraction of sp³-hybridized carbons (Fsp3) is 0.214. The van der Waals surface area contributed by atoms with E-state index in [2.05, 4.69) is 15.5 Å². The monoisotopic (exact) mass is 476 g/mol. The number of phenols is 1. The standard InChI is InChI=1S/C14H13IN4O5S/c1-2-24-12(20)4-9-7-25-14(17-9)18-16-6-8-3-10(19(22)23)5-11(15)13(8)21/h3,5-7,21H,2,4H2,1H3,(H,17,18). The van der Waals surface area contributed by atoms with E-state index in [0.29, 0.717) is 21.0 Å². The largest absolute Gasteiger partial charge is 0.506 e. The Kier molecular flexibility index (Phi) is 6.64. The van der Waals surface area contributed by atoms with E-state index in [1.165, 1.54) is 29.7 Å². The maximum atomic E-state index is 11.4. The van der Waals surface area contributed by atoms with E-state index in [1.54, 1.807) is 34.9 Å². The van der Waals surface area contributed by atoms with Gasteiger partial charge in [-0.15, -0.1) is 11.3 Å². The van der Waals surface area contributed by atoms with Crippen molar-refractivity contribution in [2.75, 3.05) is 12.0 Å². The van der Waals surface area contributed by atoms with Gasteiger partial charge in [0.2, 0.25) is 5.13 Å². The minimum Gasteiger partial charge on any atom is -0.506 e. The number of nitro benzene ring substituents is 1. The number of carbonyl (C=O) groups excluding carboxylic acids is 1. The van der Waals surface area contributed by atoms with Crippen molar-refractivity contribution in [3.63, 3.8) is 0 Å². The van der Waals surface area contributed by atoms with Crippen molar-refractivity contribution in [3.8, 4) is 5.75 Å². The summed E-state index contributed by atoms with van der Waals surface area (Å²) in [5, 5.41) is 26.9. The molecule has 0 bridgehead atoms. The second-order valence-corrected chi connectivity index (χ2v) is 6.64. The molecule has 11 heteroatoms. The molecular weight excluding hydrogens is 463 g/mol. The first-order valence-electron chi connectivity index (χ1n) is 6.96. The number of nitrogens with one attached hydrogen (secondary N) is 1. The number of halogens is 1. The Morgan fingerprint density at radius 1 is 1.60 bits per heavy atom. The second-order valence-electron chi connectivity index (χ2n) is 4.62. The maximum absolute atomic E-state index is 11.4. The zero-order valence-corrected chi connectivity index (χ0v) is 15.9. The molecule has 2 rings (SSSR count). The van der Waals surface area contributed by atoms with Crippen LogP contribution in [0.2, 0.25) is 0 Å². The number of hydrogen-bond acceptors (Lipinski definition) is 9. The quantitative estimate of drug-likeness (QED) is 0.207. The highest BCUT2D eigenvalue weighted by Crippen LogP contribution is 2.28. The first-order valence-corrected chi connectivity index (χ1v) is 8.92. The van der Waals surface area contributed by atoms with Gasteiger partial charge < -0.3 is 9.84 Å². The zero-order valence-electron chi connectivity index (χ0n) is 12.9. The predicted molar refractivity (Wildman–Crippen MR) is 101 cm³/mol. The Morgan fingerprint density at radius 3 is 3.04 bits per heavy atom. The summed E-state index contributed by atoms with van der Waals surface area (Å²) in [5.74, 6) is -0.460. The van der Waals surface area contributed by atoms with Crippen molar-refractivity contribution in [1.29, 1.82) is 0 Å². The van der Waals surface area contributed by atoms with E-state index >= 15 is 0 Å². The molecule has 0 amide bonds. The fourth-order valence-corrected chi connectivity index (χ4v) is 3.06. The van der Waals surface area contributed by atoms with Crippen molar-refractivity contribution in [2.24, 2.45) is 5.10 Å². The molecule has 2 aromatic rings. The predicted octanol–water partition coefficient (Wildman–Crippen LogP) is 2.91. The molecule has 0 saturated heterocycles. The van der Waals surface area contributed by atoms with Gasteiger partial charge in [0.25, 0.3) is 5.69 Å². The Bertz CT molecular complexity index is 824. The van der Waals surface area contributed by atoms with Crippen LogP contribution in [0.5, 0.6) is 5.75 Å². The Balaban J connectivity index is 2.05. The SMILES string of the molecule is CCOC(=O)Cc1csc(NN=Cc2cc([N+](=O)[O-])cc(I)c2O)n1. The topological polar surface area (TPSA) is 127 Å². The van der Waals surface area contributed by atoms with Crippen LogP contribution in [0.4, 0.5) is 10.8 Å². The number of nitrogens with zero attached hydrogens (tertiary/aromatic N) is 3. The normalized spacial score (nSPS) is 10.8. The number of non-ortho nitro benzene ring substituents is 1. The summed E-state index contributed by atoms with van der Waals surface area (Å²) >= 11 is 3.05. The fourth-order valence-electron chi connectivity index (χ4n) is 1.77. The highest BCUT2D eigenvalue weighted by molar-refractivity contribution is 14.1. The van der Waals surface area contributed by atoms with Crippen molar-refractivity contribution < 1.29 is 19.6 Å². The number of benzene rings is 1. The van der Waals surface area contributed by atoms with E-state index in [-0.39, 0.29) is 29.4 Å². The molecule has 0 saturated carbocycles. The highest BCUT2D eigenvalue weighted by atomic mass is 127. The third kappa shape index (κ3) is 5.35. The van der Waals surface area contributed by atoms with Crippen LogP contribution < -0.4 is 5.43 Å². The van der Waals surface area contributed by atoms with Gasteiger partial charge in [-0.1, -0.05) is 0 Å². The lowest BCUT2D eigenvalue weighted by Crippen LogP contribution is -2.07. The number of nitro groups is 1. The number of aromatic hydroxyl groups is 1. The zero-order chi connectivity index (χ0) is 18.4. The van der Waals surface area contributed by atoms with Gasteiger partial charge >= 0.3 is 5.97 Å². The molecule has 0 aliphatic rings. The van der Waals surface area contributed by atoms with Crippen LogP contribution in [0.1, 0.15) is 18.2 Å². The number of thiazole rings is 1. The van der Waals surface area contributed by atoms with Crippen LogP contribution in [-0.4, -0.2) is 33.8 Å². The molecule has 0 unspecified atom stereocenters. The third-order valence-electron chi connectivity index (χ3n) is 2.83. The number of ether oxygens (including phenoxy) is 1. The van der Waals surface area contributed by atoms with E-state index < -0.39 is 4.92 Å². The molecule has 0 aliphatic carbocycles. The number of anilines is 1. The molecular formula is C14H13IN4O5S. The summed E-state index contributed by atoms with van der Waals surface area (Å²) in [6.07, 6.45) is 1.33. The van der Waals surface area contributed by atoms with Crippen LogP contribution in [0.25, 0.3) is 0 Å². The molecule has 0 fully saturated rings. The molecule has 1 aromatic carbocycles. The number of hydrazone groups is 1. The van der Waals surface area contributed by atoms with Gasteiger partial charge in [-0.3, -0.25) is 20.3 Å². The van der Waals surface area contributed by atoms with Crippen molar-refractivity contribution in [2.45, 2.75) is 13.3 Å². The third-order valence-corrected chi connectivity index (χ3v) is 4.45. The summed E-state index contributed by atoms with van der Waals surface area (Å²) < 4.78 is 5.19. The molecule has 0 atom stereocenters. The van der Waals surface area contributed by atoms with Gasteiger partial charge in [0, 0.05) is 23.1 Å². The van der Waals surface area contributed by atoms with Crippen molar-refractivity contribution in [1.82, 2.24) is 4.98 Å². The van der Waals surface area contributed by atoms with Gasteiger partial charge in [0.1, 0.15) is 5.75 Å². The summed E-state index contributed by atoms with van der Waals surface area (Å²) in [6.45, 7) is 2.04. The first-order chi connectivity index (χ1) is 11.9. The van der Waals surface area contributed by atoms with E-state index in [0.717, 1.165) is 0 Å². The molecule has 1 aromatic heterocycles. The number of aromatic nitrogens is 1. The number of hydrogen-bond donors (Lipinski definition) is 2. The Labute approximate surface area is 160 Å². The average Bonchev–Trinajstić information content (AvgIpc) is 2.98. The van der Waals surface area contributed by atoms with Crippen molar-refractivity contribution in [3.05, 3.63) is 42.5 Å². The second kappa shape index (κ2) is 8.71. The molecule has 0 radical (unpaired) electrons. The summed E-state index contributed by atoms with van der Waals surface area (Å²) in [4.78, 5) is 25.9. The lowest BCUT2D eigenvalue weighted by molar-refractivity contribution is -0.385. The highest BCUT2D eigenvalue weighted by Gasteiger charge is 2.13. The van der Waals surface area contributed by atoms with E-state index in [1.807, 2.05) is 0 Å². The van der Waals surface area contributed by atoms with Crippen LogP contribution >= 0.6 is 33.9 Å². The lowest BCUT2D eigenvalue weighted by Gasteiger charge is -2.02. The lowest BCUT2D eigenvalue weighted by atomic mass is 10.2. The van der Waals surface area contributed by atoms with Gasteiger partial charge in [0.15, 0.2) is 0 Å². The van der Waals surface area contributed by atoms with Gasteiger partial charge in [-0.05, 0) is 29.5 Å². The minimum atomic E-state index is -0.547. The number of esters is 1. The summed E-state index contributed by atoms with van der Waals surface area (Å²) in [6, 6.07) is 2.49. The minimum absolute atomic E-state index is 0.0690. The molecule has 0 aliphatic heterocycles. The number of phenolic OH excluding ortho intramolecular Hbond substituents is 1. The van der Waals surface area contributed by atoms with Gasteiger partial charge in [-0.25, -0.2) is 4.98 Å². The number of carbonyl (C=O) groups is 1. The molecule has 9 nitrogen and oxygen atoms in total. The van der Waals surface area contributed by atoms with Crippen molar-refractivity contribution >= 4 is 56.9 Å². The van der Waals surface area contributed by atoms with Crippen LogP contribution in [-0.2, 0) is 16.0 Å². The van der Waals surface area contributed by atoms with Crippen LogP contribution in [0.15, 0.2) is 22.6 Å². The molecule has 0 spiro atoms. The van der Waals surface area contributed by atoms with Gasteiger partial charge in [-0.2, -0.15) is 5.10 Å². The molecule has 2 N–H and O–H groups in total. The first kappa shape index (κ1) is 19.1. The van der Waals surface area contributed by atoms with Gasteiger partial charge in [0.05, 0.1) is 33.4 Å². The Hall–Kier alpha value is -2.28. The molecule has 25 heavy (non-hydrogen) atoms. The number of rotatable bonds is 7.